The number of sulfone groups is 1. The molecule has 146 valence electrons. The Bertz CT molecular complexity index is 903. The lowest BCUT2D eigenvalue weighted by Crippen LogP contribution is -2.38. The molecule has 1 saturated heterocycles. The number of nitrogens with one attached hydrogen (secondary N) is 1. The number of aliphatic hydroxyl groups excluding tert-OH is 1. The van der Waals surface area contributed by atoms with Crippen LogP contribution in [0.25, 0.3) is 0 Å². The maximum Gasteiger partial charge on any atom is 0.161 e. The molecule has 2 aromatic rings. The molecule has 0 aromatic heterocycles. The summed E-state index contributed by atoms with van der Waals surface area (Å²) in [6.45, 7) is 0.558. The van der Waals surface area contributed by atoms with Gasteiger partial charge in [0.15, 0.2) is 21.3 Å². The summed E-state index contributed by atoms with van der Waals surface area (Å²) in [5.74, 6) is 0.424. The second kappa shape index (κ2) is 8.24. The number of rotatable bonds is 7. The number of ether oxygens (including phenoxy) is 2. The molecule has 0 radical (unpaired) electrons. The molecule has 2 N–H and O–H groups in total. The van der Waals surface area contributed by atoms with Crippen LogP contribution in [0.4, 0.5) is 4.39 Å². The van der Waals surface area contributed by atoms with Gasteiger partial charge in [0.05, 0.1) is 24.7 Å². The summed E-state index contributed by atoms with van der Waals surface area (Å²) >= 11 is 0. The van der Waals surface area contributed by atoms with E-state index in [4.69, 9.17) is 9.47 Å². The van der Waals surface area contributed by atoms with E-state index in [1.807, 2.05) is 6.07 Å². The maximum atomic E-state index is 13.3. The first-order chi connectivity index (χ1) is 12.9. The molecule has 0 saturated carbocycles. The van der Waals surface area contributed by atoms with E-state index in [2.05, 4.69) is 5.32 Å². The van der Waals surface area contributed by atoms with E-state index >= 15 is 0 Å². The molecule has 1 heterocycles. The highest BCUT2D eigenvalue weighted by atomic mass is 32.2. The maximum absolute atomic E-state index is 13.3. The standard InChI is InChI=1S/C19H22FNO5S/c1-25-18-6-5-13(9-21-16-11-27(23,24)12-17(16)22)8-19(18)26-10-14-3-2-4-15(20)7-14/h2-8,16-17,21-22H,9-12H2,1H3/t16-,17-/m1/s1. The first-order valence-corrected chi connectivity index (χ1v) is 10.3. The van der Waals surface area contributed by atoms with Crippen molar-refractivity contribution in [2.45, 2.75) is 25.3 Å². The second-order valence-electron chi connectivity index (χ2n) is 6.54. The van der Waals surface area contributed by atoms with E-state index in [9.17, 15) is 17.9 Å². The van der Waals surface area contributed by atoms with Gasteiger partial charge in [0, 0.05) is 12.6 Å². The quantitative estimate of drug-likeness (QED) is 0.742. The molecule has 0 aliphatic carbocycles. The van der Waals surface area contributed by atoms with Gasteiger partial charge in [-0.1, -0.05) is 18.2 Å². The predicted octanol–water partition coefficient (Wildman–Crippen LogP) is 1.66. The molecule has 2 atom stereocenters. The summed E-state index contributed by atoms with van der Waals surface area (Å²) in [5, 5.41) is 12.9. The Morgan fingerprint density at radius 1 is 1.15 bits per heavy atom. The van der Waals surface area contributed by atoms with Gasteiger partial charge < -0.3 is 19.9 Å². The van der Waals surface area contributed by atoms with Crippen molar-refractivity contribution in [2.75, 3.05) is 18.6 Å². The van der Waals surface area contributed by atoms with Crippen molar-refractivity contribution in [3.8, 4) is 11.5 Å². The lowest BCUT2D eigenvalue weighted by molar-refractivity contribution is 0.165. The van der Waals surface area contributed by atoms with Gasteiger partial charge in [0.25, 0.3) is 0 Å². The van der Waals surface area contributed by atoms with Crippen LogP contribution in [0.5, 0.6) is 11.5 Å². The fourth-order valence-electron chi connectivity index (χ4n) is 3.00. The van der Waals surface area contributed by atoms with E-state index < -0.39 is 22.0 Å². The van der Waals surface area contributed by atoms with Crippen molar-refractivity contribution >= 4 is 9.84 Å². The average molecular weight is 395 g/mol. The molecule has 27 heavy (non-hydrogen) atoms. The molecule has 3 rings (SSSR count). The lowest BCUT2D eigenvalue weighted by Gasteiger charge is -2.16. The molecule has 0 spiro atoms. The molecule has 6 nitrogen and oxygen atoms in total. The average Bonchev–Trinajstić information content (AvgIpc) is 2.90. The number of aliphatic hydroxyl groups is 1. The Hall–Kier alpha value is -2.16. The summed E-state index contributed by atoms with van der Waals surface area (Å²) in [6, 6.07) is 11.0. The van der Waals surface area contributed by atoms with Gasteiger partial charge in [-0.15, -0.1) is 0 Å². The van der Waals surface area contributed by atoms with Crippen LogP contribution in [0.3, 0.4) is 0 Å². The van der Waals surface area contributed by atoms with Crippen LogP contribution in [0, 0.1) is 5.82 Å². The summed E-state index contributed by atoms with van der Waals surface area (Å²) in [5.41, 5.74) is 1.54. The zero-order valence-corrected chi connectivity index (χ0v) is 15.7. The van der Waals surface area contributed by atoms with Crippen LogP contribution in [0.2, 0.25) is 0 Å². The summed E-state index contributed by atoms with van der Waals surface area (Å²) < 4.78 is 47.5. The van der Waals surface area contributed by atoms with Crippen molar-refractivity contribution in [3.05, 3.63) is 59.4 Å². The molecule has 1 fully saturated rings. The third kappa shape index (κ3) is 5.18. The molecular formula is C19H22FNO5S. The first kappa shape index (κ1) is 19.6. The Balaban J connectivity index is 1.66. The zero-order chi connectivity index (χ0) is 19.4. The highest BCUT2D eigenvalue weighted by Crippen LogP contribution is 2.29. The SMILES string of the molecule is COc1ccc(CN[C@@H]2CS(=O)(=O)C[C@H]2O)cc1OCc1cccc(F)c1. The van der Waals surface area contributed by atoms with Gasteiger partial charge in [0.2, 0.25) is 0 Å². The van der Waals surface area contributed by atoms with E-state index in [0.717, 1.165) is 5.56 Å². The highest BCUT2D eigenvalue weighted by molar-refractivity contribution is 7.91. The minimum atomic E-state index is -3.20. The van der Waals surface area contributed by atoms with Crippen LogP contribution in [-0.4, -0.2) is 44.3 Å². The Morgan fingerprint density at radius 3 is 2.63 bits per heavy atom. The van der Waals surface area contributed by atoms with Gasteiger partial charge in [-0.05, 0) is 35.4 Å². The number of hydrogen-bond acceptors (Lipinski definition) is 6. The number of benzene rings is 2. The van der Waals surface area contributed by atoms with Crippen LogP contribution in [-0.2, 0) is 23.0 Å². The molecule has 1 aliphatic rings. The van der Waals surface area contributed by atoms with Crippen molar-refractivity contribution < 1.29 is 27.4 Å². The van der Waals surface area contributed by atoms with Crippen molar-refractivity contribution in [1.82, 2.24) is 5.32 Å². The minimum absolute atomic E-state index is 0.0761. The van der Waals surface area contributed by atoms with E-state index in [0.29, 0.717) is 23.6 Å². The summed E-state index contributed by atoms with van der Waals surface area (Å²) in [7, 11) is -1.67. The largest absolute Gasteiger partial charge is 0.493 e. The second-order valence-corrected chi connectivity index (χ2v) is 8.69. The number of hydrogen-bond donors (Lipinski definition) is 2. The Kier molecular flexibility index (Phi) is 5.98. The van der Waals surface area contributed by atoms with Gasteiger partial charge >= 0.3 is 0 Å². The van der Waals surface area contributed by atoms with Crippen LogP contribution in [0.15, 0.2) is 42.5 Å². The van der Waals surface area contributed by atoms with Crippen LogP contribution < -0.4 is 14.8 Å². The molecule has 0 amide bonds. The Morgan fingerprint density at radius 2 is 1.96 bits per heavy atom. The summed E-state index contributed by atoms with van der Waals surface area (Å²) in [4.78, 5) is 0. The lowest BCUT2D eigenvalue weighted by atomic mass is 10.1. The normalized spacial score (nSPS) is 21.1. The molecular weight excluding hydrogens is 373 g/mol. The van der Waals surface area contributed by atoms with E-state index in [1.54, 1.807) is 24.3 Å². The predicted molar refractivity (Wildman–Crippen MR) is 99.0 cm³/mol. The molecule has 8 heteroatoms. The molecule has 1 aliphatic heterocycles. The third-order valence-corrected chi connectivity index (χ3v) is 6.12. The fraction of sp³-hybridized carbons (Fsp3) is 0.368. The molecule has 2 aromatic carbocycles. The van der Waals surface area contributed by atoms with Crippen LogP contribution >= 0.6 is 0 Å². The fourth-order valence-corrected chi connectivity index (χ4v) is 4.78. The number of methoxy groups -OCH3 is 1. The van der Waals surface area contributed by atoms with Gasteiger partial charge in [-0.2, -0.15) is 0 Å². The zero-order valence-electron chi connectivity index (χ0n) is 14.9. The Labute approximate surface area is 157 Å². The smallest absolute Gasteiger partial charge is 0.161 e. The first-order valence-electron chi connectivity index (χ1n) is 8.52. The summed E-state index contributed by atoms with van der Waals surface area (Å²) in [6.07, 6.45) is -0.906. The number of halogens is 1. The van der Waals surface area contributed by atoms with E-state index in [1.165, 1.54) is 19.2 Å². The van der Waals surface area contributed by atoms with Gasteiger partial charge in [-0.25, -0.2) is 12.8 Å². The van der Waals surface area contributed by atoms with Crippen LogP contribution in [0.1, 0.15) is 11.1 Å². The van der Waals surface area contributed by atoms with Crippen molar-refractivity contribution in [1.29, 1.82) is 0 Å². The van der Waals surface area contributed by atoms with E-state index in [-0.39, 0.29) is 23.9 Å². The molecule has 0 bridgehead atoms. The third-order valence-electron chi connectivity index (χ3n) is 4.40. The van der Waals surface area contributed by atoms with Crippen molar-refractivity contribution in [3.63, 3.8) is 0 Å². The topological polar surface area (TPSA) is 84.9 Å². The molecule has 0 unspecified atom stereocenters. The highest BCUT2D eigenvalue weighted by Gasteiger charge is 2.35. The monoisotopic (exact) mass is 395 g/mol. The van der Waals surface area contributed by atoms with Gasteiger partial charge in [-0.3, -0.25) is 0 Å². The minimum Gasteiger partial charge on any atom is -0.493 e. The van der Waals surface area contributed by atoms with Gasteiger partial charge in [0.1, 0.15) is 12.4 Å². The van der Waals surface area contributed by atoms with Crippen molar-refractivity contribution in [2.24, 2.45) is 0 Å².